The van der Waals surface area contributed by atoms with Gasteiger partial charge in [-0.15, -0.1) is 0 Å². The summed E-state index contributed by atoms with van der Waals surface area (Å²) in [6.45, 7) is 0. The minimum absolute atomic E-state index is 0.363. The van der Waals surface area contributed by atoms with Crippen LogP contribution >= 0.6 is 0 Å². The van der Waals surface area contributed by atoms with Gasteiger partial charge in [-0.25, -0.2) is 9.78 Å². The molecule has 3 N–H and O–H groups in total. The molecular formula is C17H21N3O3. The van der Waals surface area contributed by atoms with Crippen molar-refractivity contribution in [3.05, 3.63) is 30.1 Å². The van der Waals surface area contributed by atoms with Crippen molar-refractivity contribution in [1.29, 1.82) is 0 Å². The number of nitrogens with zero attached hydrogens (tertiary/aromatic N) is 1. The van der Waals surface area contributed by atoms with Gasteiger partial charge < -0.3 is 15.4 Å². The molecule has 6 heteroatoms. The van der Waals surface area contributed by atoms with Crippen LogP contribution in [0.1, 0.15) is 48.9 Å². The summed E-state index contributed by atoms with van der Waals surface area (Å²) in [5.41, 5.74) is 1.97. The van der Waals surface area contributed by atoms with Gasteiger partial charge in [0.05, 0.1) is 17.4 Å². The second kappa shape index (κ2) is 6.81. The number of imidazole rings is 1. The number of carbonyl (C=O) groups excluding carboxylic acids is 1. The normalized spacial score (nSPS) is 17.0. The first-order valence-electron chi connectivity index (χ1n) is 8.10. The molecule has 1 aromatic heterocycles. The summed E-state index contributed by atoms with van der Waals surface area (Å²) in [4.78, 5) is 30.9. The molecule has 0 saturated heterocycles. The van der Waals surface area contributed by atoms with Crippen LogP contribution in [0.4, 0.5) is 0 Å². The molecule has 1 aliphatic carbocycles. The van der Waals surface area contributed by atoms with Crippen LogP contribution in [-0.2, 0) is 4.79 Å². The van der Waals surface area contributed by atoms with Crippen LogP contribution in [-0.4, -0.2) is 33.0 Å². The maximum Gasteiger partial charge on any atom is 0.326 e. The summed E-state index contributed by atoms with van der Waals surface area (Å²) in [5, 5.41) is 12.1. The van der Waals surface area contributed by atoms with Gasteiger partial charge in [0.2, 0.25) is 0 Å². The number of carbonyl (C=O) groups is 2. The Balaban J connectivity index is 1.68. The van der Waals surface area contributed by atoms with E-state index in [-0.39, 0.29) is 5.91 Å². The number of fused-ring (bicyclic) bond motifs is 1. The van der Waals surface area contributed by atoms with E-state index >= 15 is 0 Å². The van der Waals surface area contributed by atoms with E-state index in [1.54, 1.807) is 24.5 Å². The van der Waals surface area contributed by atoms with Crippen molar-refractivity contribution in [2.24, 2.45) is 5.92 Å². The molecule has 0 aliphatic heterocycles. The predicted octanol–water partition coefficient (Wildman–Crippen LogP) is 2.72. The number of aliphatic carboxylic acids is 1. The van der Waals surface area contributed by atoms with Crippen molar-refractivity contribution in [2.75, 3.05) is 0 Å². The molecule has 1 heterocycles. The fourth-order valence-electron chi connectivity index (χ4n) is 3.29. The van der Waals surface area contributed by atoms with Crippen LogP contribution in [0, 0.1) is 5.92 Å². The van der Waals surface area contributed by atoms with Gasteiger partial charge >= 0.3 is 5.97 Å². The number of carboxylic acids is 1. The van der Waals surface area contributed by atoms with E-state index in [1.165, 1.54) is 6.42 Å². The number of hydrogen-bond acceptors (Lipinski definition) is 3. The third-order valence-electron chi connectivity index (χ3n) is 4.58. The predicted molar refractivity (Wildman–Crippen MR) is 86.2 cm³/mol. The van der Waals surface area contributed by atoms with E-state index in [9.17, 15) is 14.7 Å². The van der Waals surface area contributed by atoms with Gasteiger partial charge in [-0.1, -0.05) is 32.1 Å². The van der Waals surface area contributed by atoms with E-state index < -0.39 is 12.0 Å². The number of rotatable bonds is 5. The van der Waals surface area contributed by atoms with Crippen molar-refractivity contribution in [3.63, 3.8) is 0 Å². The highest BCUT2D eigenvalue weighted by Gasteiger charge is 2.25. The Morgan fingerprint density at radius 1 is 1.30 bits per heavy atom. The first kappa shape index (κ1) is 15.5. The van der Waals surface area contributed by atoms with Crippen molar-refractivity contribution in [1.82, 2.24) is 15.3 Å². The Kier molecular flexibility index (Phi) is 4.60. The second-order valence-corrected chi connectivity index (χ2v) is 6.24. The average molecular weight is 315 g/mol. The topological polar surface area (TPSA) is 95.1 Å². The molecule has 6 nitrogen and oxygen atoms in total. The Labute approximate surface area is 134 Å². The lowest BCUT2D eigenvalue weighted by molar-refractivity contribution is -0.139. The first-order valence-corrected chi connectivity index (χ1v) is 8.10. The molecule has 2 aromatic rings. The summed E-state index contributed by atoms with van der Waals surface area (Å²) in [7, 11) is 0. The van der Waals surface area contributed by atoms with Gasteiger partial charge in [-0.2, -0.15) is 0 Å². The summed E-state index contributed by atoms with van der Waals surface area (Å²) in [6, 6.07) is 4.28. The molecule has 1 aromatic carbocycles. The lowest BCUT2D eigenvalue weighted by atomic mass is 9.85. The van der Waals surface area contributed by atoms with E-state index in [1.807, 2.05) is 0 Å². The molecule has 0 radical (unpaired) electrons. The van der Waals surface area contributed by atoms with Gasteiger partial charge in [0.1, 0.15) is 6.04 Å². The molecule has 23 heavy (non-hydrogen) atoms. The van der Waals surface area contributed by atoms with Gasteiger partial charge in [0, 0.05) is 5.56 Å². The Hall–Kier alpha value is -2.37. The monoisotopic (exact) mass is 315 g/mol. The highest BCUT2D eigenvalue weighted by atomic mass is 16.4. The highest BCUT2D eigenvalue weighted by molar-refractivity contribution is 5.99. The molecule has 1 saturated carbocycles. The maximum atomic E-state index is 12.4. The van der Waals surface area contributed by atoms with Gasteiger partial charge in [0.15, 0.2) is 0 Å². The standard InChI is InChI=1S/C17H21N3O3/c21-16(12-6-7-13-14(9-12)19-10-18-13)20-15(17(22)23)8-11-4-2-1-3-5-11/h6-7,9-11,15H,1-5,8H2,(H,18,19)(H,20,21)(H,22,23). The lowest BCUT2D eigenvalue weighted by Gasteiger charge is -2.25. The van der Waals surface area contributed by atoms with E-state index in [4.69, 9.17) is 0 Å². The van der Waals surface area contributed by atoms with Gasteiger partial charge in [-0.05, 0) is 30.5 Å². The largest absolute Gasteiger partial charge is 0.480 e. The number of aromatic amines is 1. The number of aromatic nitrogens is 2. The third-order valence-corrected chi connectivity index (χ3v) is 4.58. The highest BCUT2D eigenvalue weighted by Crippen LogP contribution is 2.27. The Morgan fingerprint density at radius 2 is 2.09 bits per heavy atom. The van der Waals surface area contributed by atoms with Gasteiger partial charge in [-0.3, -0.25) is 4.79 Å². The van der Waals surface area contributed by atoms with Crippen LogP contribution < -0.4 is 5.32 Å². The van der Waals surface area contributed by atoms with Crippen LogP contribution in [0.2, 0.25) is 0 Å². The van der Waals surface area contributed by atoms with Crippen molar-refractivity contribution >= 4 is 22.9 Å². The SMILES string of the molecule is O=C(NC(CC1CCCCC1)C(=O)O)c1ccc2[nH]cnc2c1. The van der Waals surface area contributed by atoms with Crippen molar-refractivity contribution < 1.29 is 14.7 Å². The first-order chi connectivity index (χ1) is 11.1. The molecule has 1 amide bonds. The quantitative estimate of drug-likeness (QED) is 0.790. The summed E-state index contributed by atoms with van der Waals surface area (Å²) in [6.07, 6.45) is 7.71. The number of benzene rings is 1. The Morgan fingerprint density at radius 3 is 2.83 bits per heavy atom. The molecule has 0 bridgehead atoms. The minimum atomic E-state index is -0.968. The zero-order chi connectivity index (χ0) is 16.2. The lowest BCUT2D eigenvalue weighted by Crippen LogP contribution is -2.42. The van der Waals surface area contributed by atoms with Crippen LogP contribution in [0.5, 0.6) is 0 Å². The molecule has 3 rings (SSSR count). The van der Waals surface area contributed by atoms with Crippen LogP contribution in [0.3, 0.4) is 0 Å². The molecule has 1 atom stereocenters. The van der Waals surface area contributed by atoms with Crippen molar-refractivity contribution in [3.8, 4) is 0 Å². The number of H-pyrrole nitrogens is 1. The second-order valence-electron chi connectivity index (χ2n) is 6.24. The summed E-state index contributed by atoms with van der Waals surface area (Å²) >= 11 is 0. The number of carboxylic acid groups (broad SMARTS) is 1. The summed E-state index contributed by atoms with van der Waals surface area (Å²) in [5.74, 6) is -0.943. The van der Waals surface area contributed by atoms with E-state index in [0.29, 0.717) is 23.4 Å². The molecular weight excluding hydrogens is 294 g/mol. The zero-order valence-electron chi connectivity index (χ0n) is 12.9. The molecule has 122 valence electrons. The zero-order valence-corrected chi connectivity index (χ0v) is 12.9. The van der Waals surface area contributed by atoms with Crippen LogP contribution in [0.15, 0.2) is 24.5 Å². The fraction of sp³-hybridized carbons (Fsp3) is 0.471. The molecule has 0 spiro atoms. The number of amides is 1. The fourth-order valence-corrected chi connectivity index (χ4v) is 3.29. The smallest absolute Gasteiger partial charge is 0.326 e. The summed E-state index contributed by atoms with van der Waals surface area (Å²) < 4.78 is 0. The van der Waals surface area contributed by atoms with Crippen LogP contribution in [0.25, 0.3) is 11.0 Å². The average Bonchev–Trinajstić information content (AvgIpc) is 3.02. The molecule has 1 aliphatic rings. The van der Waals surface area contributed by atoms with Crippen molar-refractivity contribution in [2.45, 2.75) is 44.6 Å². The number of hydrogen-bond donors (Lipinski definition) is 3. The molecule has 1 fully saturated rings. The minimum Gasteiger partial charge on any atom is -0.480 e. The Bertz CT molecular complexity index is 704. The van der Waals surface area contributed by atoms with Gasteiger partial charge in [0.25, 0.3) is 5.91 Å². The third kappa shape index (κ3) is 3.70. The number of nitrogens with one attached hydrogen (secondary N) is 2. The van der Waals surface area contributed by atoms with E-state index in [0.717, 1.165) is 31.2 Å². The van der Waals surface area contributed by atoms with E-state index in [2.05, 4.69) is 15.3 Å². The maximum absolute atomic E-state index is 12.4. The molecule has 1 unspecified atom stereocenters.